The molecule has 2 aromatic carbocycles. The molecule has 0 spiro atoms. The number of carbonyl (C=O) groups is 3. The van der Waals surface area contributed by atoms with Gasteiger partial charge in [0.15, 0.2) is 12.4 Å². The van der Waals surface area contributed by atoms with Crippen molar-refractivity contribution in [2.45, 2.75) is 57.4 Å². The molecular formula is C25H27NO4. The van der Waals surface area contributed by atoms with Crippen molar-refractivity contribution < 1.29 is 19.1 Å². The fourth-order valence-electron chi connectivity index (χ4n) is 4.46. The monoisotopic (exact) mass is 405 g/mol. The largest absolute Gasteiger partial charge is 0.456 e. The lowest BCUT2D eigenvalue weighted by Crippen LogP contribution is -2.34. The van der Waals surface area contributed by atoms with Crippen LogP contribution in [-0.4, -0.2) is 24.3 Å². The van der Waals surface area contributed by atoms with Crippen LogP contribution in [0.4, 0.5) is 0 Å². The zero-order valence-corrected chi connectivity index (χ0v) is 17.1. The van der Waals surface area contributed by atoms with Crippen molar-refractivity contribution in [2.24, 2.45) is 0 Å². The van der Waals surface area contributed by atoms with Crippen LogP contribution in [0.15, 0.2) is 42.5 Å². The van der Waals surface area contributed by atoms with Gasteiger partial charge >= 0.3 is 5.97 Å². The molecule has 156 valence electrons. The highest BCUT2D eigenvalue weighted by Gasteiger charge is 2.22. The molecule has 0 fully saturated rings. The molecule has 2 aromatic rings. The van der Waals surface area contributed by atoms with Gasteiger partial charge in [-0.1, -0.05) is 36.4 Å². The number of fused-ring (bicyclic) bond motifs is 2. The Labute approximate surface area is 176 Å². The number of nitrogens with one attached hydrogen (secondary N) is 1. The number of esters is 1. The van der Waals surface area contributed by atoms with E-state index in [4.69, 9.17) is 4.74 Å². The number of carbonyl (C=O) groups excluding carboxylic acids is 3. The Morgan fingerprint density at radius 2 is 1.70 bits per heavy atom. The Hall–Kier alpha value is -2.95. The predicted molar refractivity (Wildman–Crippen MR) is 113 cm³/mol. The summed E-state index contributed by atoms with van der Waals surface area (Å²) >= 11 is 0. The summed E-state index contributed by atoms with van der Waals surface area (Å²) in [6.45, 7) is -0.315. The fourth-order valence-corrected chi connectivity index (χ4v) is 4.46. The summed E-state index contributed by atoms with van der Waals surface area (Å²) in [7, 11) is 0. The Morgan fingerprint density at radius 3 is 2.60 bits per heavy atom. The van der Waals surface area contributed by atoms with Gasteiger partial charge in [-0.3, -0.25) is 14.4 Å². The smallest absolute Gasteiger partial charge is 0.306 e. The lowest BCUT2D eigenvalue weighted by Gasteiger charge is -2.26. The number of aryl methyl sites for hydroxylation is 3. The van der Waals surface area contributed by atoms with Gasteiger partial charge in [0, 0.05) is 12.0 Å². The number of rotatable bonds is 7. The fraction of sp³-hybridized carbons (Fsp3) is 0.400. The molecule has 1 atom stereocenters. The molecule has 4 rings (SSSR count). The van der Waals surface area contributed by atoms with Crippen molar-refractivity contribution >= 4 is 17.7 Å². The Balaban J connectivity index is 1.21. The Bertz CT molecular complexity index is 965. The minimum Gasteiger partial charge on any atom is -0.456 e. The van der Waals surface area contributed by atoms with Gasteiger partial charge in [0.05, 0.1) is 12.5 Å². The first-order chi connectivity index (χ1) is 14.6. The van der Waals surface area contributed by atoms with Gasteiger partial charge in [-0.2, -0.15) is 0 Å². The van der Waals surface area contributed by atoms with Gasteiger partial charge in [0.25, 0.3) is 5.91 Å². The summed E-state index contributed by atoms with van der Waals surface area (Å²) in [6, 6.07) is 13.9. The first-order valence-electron chi connectivity index (χ1n) is 10.8. The molecule has 30 heavy (non-hydrogen) atoms. The molecule has 1 unspecified atom stereocenters. The minimum atomic E-state index is -0.524. The van der Waals surface area contributed by atoms with Crippen LogP contribution in [-0.2, 0) is 33.6 Å². The molecule has 0 aliphatic heterocycles. The minimum absolute atomic E-state index is 0.0184. The second-order valence-corrected chi connectivity index (χ2v) is 8.13. The Kier molecular flexibility index (Phi) is 6.26. The van der Waals surface area contributed by atoms with Crippen LogP contribution >= 0.6 is 0 Å². The SMILES string of the molecule is O=C(COC(=O)CCC(=O)c1ccc2c(c1)CCC2)NC1CCCc2ccccc21. The number of ketones is 1. The van der Waals surface area contributed by atoms with E-state index in [0.29, 0.717) is 5.56 Å². The quantitative estimate of drug-likeness (QED) is 0.561. The van der Waals surface area contributed by atoms with Gasteiger partial charge in [-0.05, 0) is 66.8 Å². The van der Waals surface area contributed by atoms with Crippen molar-refractivity contribution in [1.29, 1.82) is 0 Å². The van der Waals surface area contributed by atoms with E-state index in [1.54, 1.807) is 0 Å². The molecule has 0 saturated carbocycles. The molecule has 5 heteroatoms. The molecule has 0 aromatic heterocycles. The molecule has 0 saturated heterocycles. The molecule has 2 aliphatic rings. The Morgan fingerprint density at radius 1 is 0.900 bits per heavy atom. The summed E-state index contributed by atoms with van der Waals surface area (Å²) in [5, 5.41) is 2.96. The van der Waals surface area contributed by atoms with E-state index < -0.39 is 5.97 Å². The van der Waals surface area contributed by atoms with Crippen LogP contribution in [0.5, 0.6) is 0 Å². The molecule has 0 heterocycles. The van der Waals surface area contributed by atoms with Gasteiger partial charge in [0.2, 0.25) is 0 Å². The summed E-state index contributed by atoms with van der Waals surface area (Å²) < 4.78 is 5.09. The first-order valence-corrected chi connectivity index (χ1v) is 10.8. The second-order valence-electron chi connectivity index (χ2n) is 8.13. The van der Waals surface area contributed by atoms with Crippen LogP contribution < -0.4 is 5.32 Å². The third-order valence-electron chi connectivity index (χ3n) is 6.05. The molecular weight excluding hydrogens is 378 g/mol. The number of ether oxygens (including phenoxy) is 1. The van der Waals surface area contributed by atoms with Gasteiger partial charge in [-0.25, -0.2) is 0 Å². The molecule has 2 aliphatic carbocycles. The number of hydrogen-bond donors (Lipinski definition) is 1. The maximum atomic E-state index is 12.4. The highest BCUT2D eigenvalue weighted by Crippen LogP contribution is 2.29. The zero-order chi connectivity index (χ0) is 20.9. The standard InChI is InChI=1S/C25H27NO4/c27-23(20-12-11-17-6-3-8-19(17)15-20)13-14-25(29)30-16-24(28)26-22-10-4-7-18-5-1-2-9-21(18)22/h1-2,5,9,11-12,15,22H,3-4,6-8,10,13-14,16H2,(H,26,28). The normalized spacial score (nSPS) is 17.0. The maximum Gasteiger partial charge on any atom is 0.306 e. The van der Waals surface area contributed by atoms with Crippen molar-refractivity contribution in [3.8, 4) is 0 Å². The van der Waals surface area contributed by atoms with Gasteiger partial charge < -0.3 is 10.1 Å². The van der Waals surface area contributed by atoms with E-state index >= 15 is 0 Å². The molecule has 0 bridgehead atoms. The van der Waals surface area contributed by atoms with E-state index in [1.165, 1.54) is 16.7 Å². The van der Waals surface area contributed by atoms with E-state index in [1.807, 2.05) is 36.4 Å². The third-order valence-corrected chi connectivity index (χ3v) is 6.05. The average molecular weight is 405 g/mol. The van der Waals surface area contributed by atoms with Crippen LogP contribution in [0.3, 0.4) is 0 Å². The van der Waals surface area contributed by atoms with E-state index in [2.05, 4.69) is 11.4 Å². The third kappa shape index (κ3) is 4.78. The predicted octanol–water partition coefficient (Wildman–Crippen LogP) is 3.88. The number of Topliss-reactive ketones (excluding diaryl/α,β-unsaturated/α-hetero) is 1. The highest BCUT2D eigenvalue weighted by molar-refractivity contribution is 5.98. The lowest BCUT2D eigenvalue weighted by molar-refractivity contribution is -0.148. The van der Waals surface area contributed by atoms with Gasteiger partial charge in [0.1, 0.15) is 0 Å². The van der Waals surface area contributed by atoms with Crippen molar-refractivity contribution in [2.75, 3.05) is 6.61 Å². The van der Waals surface area contributed by atoms with Crippen LogP contribution in [0.1, 0.15) is 70.8 Å². The summed E-state index contributed by atoms with van der Waals surface area (Å²) in [5.41, 5.74) is 5.61. The highest BCUT2D eigenvalue weighted by atomic mass is 16.5. The lowest BCUT2D eigenvalue weighted by atomic mass is 9.88. The van der Waals surface area contributed by atoms with Gasteiger partial charge in [-0.15, -0.1) is 0 Å². The summed E-state index contributed by atoms with van der Waals surface area (Å²) in [4.78, 5) is 36.6. The molecule has 1 amide bonds. The van der Waals surface area contributed by atoms with Crippen molar-refractivity contribution in [3.63, 3.8) is 0 Å². The second kappa shape index (κ2) is 9.24. The van der Waals surface area contributed by atoms with E-state index in [0.717, 1.165) is 44.1 Å². The first kappa shape index (κ1) is 20.3. The average Bonchev–Trinajstić information content (AvgIpc) is 3.24. The van der Waals surface area contributed by atoms with Crippen molar-refractivity contribution in [3.05, 3.63) is 70.3 Å². The number of amides is 1. The number of benzene rings is 2. The summed E-state index contributed by atoms with van der Waals surface area (Å²) in [5.74, 6) is -0.899. The maximum absolute atomic E-state index is 12.4. The van der Waals surface area contributed by atoms with Crippen LogP contribution in [0.2, 0.25) is 0 Å². The zero-order valence-electron chi connectivity index (χ0n) is 17.1. The number of hydrogen-bond acceptors (Lipinski definition) is 4. The molecule has 0 radical (unpaired) electrons. The van der Waals surface area contributed by atoms with E-state index in [-0.39, 0.29) is 37.2 Å². The van der Waals surface area contributed by atoms with Crippen LogP contribution in [0, 0.1) is 0 Å². The van der Waals surface area contributed by atoms with Crippen molar-refractivity contribution in [1.82, 2.24) is 5.32 Å². The molecule has 1 N–H and O–H groups in total. The summed E-state index contributed by atoms with van der Waals surface area (Å²) in [6.07, 6.45) is 6.22. The topological polar surface area (TPSA) is 72.5 Å². The van der Waals surface area contributed by atoms with E-state index in [9.17, 15) is 14.4 Å². The van der Waals surface area contributed by atoms with Crippen LogP contribution in [0.25, 0.3) is 0 Å². The molecule has 5 nitrogen and oxygen atoms in total.